The minimum Gasteiger partial charge on any atom is -0.394 e. The maximum Gasteiger partial charge on any atom is 0.0613 e. The van der Waals surface area contributed by atoms with E-state index in [4.69, 9.17) is 0 Å². The molecule has 0 bridgehead atoms. The van der Waals surface area contributed by atoms with Gasteiger partial charge in [0.25, 0.3) is 0 Å². The summed E-state index contributed by atoms with van der Waals surface area (Å²) in [6, 6.07) is 0. The standard InChI is InChI=1S/C15H34N2O/c1-6-10-16-15(7-2,13-18)9-8-11-17(5)12-14(3)4/h14,16,18H,6-13H2,1-5H3. The molecule has 0 rings (SSSR count). The third kappa shape index (κ3) is 7.34. The Morgan fingerprint density at radius 2 is 1.94 bits per heavy atom. The van der Waals surface area contributed by atoms with Gasteiger partial charge >= 0.3 is 0 Å². The van der Waals surface area contributed by atoms with Crippen molar-refractivity contribution in [3.05, 3.63) is 0 Å². The maximum absolute atomic E-state index is 9.64. The molecule has 1 atom stereocenters. The third-order valence-corrected chi connectivity index (χ3v) is 3.60. The van der Waals surface area contributed by atoms with Gasteiger partial charge in [-0.25, -0.2) is 0 Å². The number of nitrogens with zero attached hydrogens (tertiary/aromatic N) is 1. The van der Waals surface area contributed by atoms with Crippen LogP contribution in [0.3, 0.4) is 0 Å². The first-order valence-electron chi connectivity index (χ1n) is 7.54. The molecular formula is C15H34N2O. The Morgan fingerprint density at radius 3 is 2.39 bits per heavy atom. The Hall–Kier alpha value is -0.120. The number of rotatable bonds is 11. The van der Waals surface area contributed by atoms with E-state index >= 15 is 0 Å². The molecule has 0 radical (unpaired) electrons. The summed E-state index contributed by atoms with van der Waals surface area (Å²) >= 11 is 0. The molecule has 0 fully saturated rings. The molecule has 110 valence electrons. The van der Waals surface area contributed by atoms with Gasteiger partial charge in [0.1, 0.15) is 0 Å². The number of hydrogen-bond donors (Lipinski definition) is 2. The molecule has 3 heteroatoms. The third-order valence-electron chi connectivity index (χ3n) is 3.60. The lowest BCUT2D eigenvalue weighted by Gasteiger charge is -2.33. The number of hydrogen-bond acceptors (Lipinski definition) is 3. The van der Waals surface area contributed by atoms with Crippen LogP contribution >= 0.6 is 0 Å². The fourth-order valence-electron chi connectivity index (χ4n) is 2.43. The number of nitrogens with one attached hydrogen (secondary N) is 1. The van der Waals surface area contributed by atoms with Crippen LogP contribution in [0.1, 0.15) is 53.4 Å². The van der Waals surface area contributed by atoms with Crippen LogP contribution in [0.5, 0.6) is 0 Å². The highest BCUT2D eigenvalue weighted by Crippen LogP contribution is 2.17. The van der Waals surface area contributed by atoms with Gasteiger partial charge < -0.3 is 15.3 Å². The Morgan fingerprint density at radius 1 is 1.28 bits per heavy atom. The summed E-state index contributed by atoms with van der Waals surface area (Å²) in [5.41, 5.74) is -0.0608. The first-order chi connectivity index (χ1) is 8.49. The zero-order chi connectivity index (χ0) is 14.0. The molecule has 0 aliphatic rings. The van der Waals surface area contributed by atoms with Crippen molar-refractivity contribution in [2.45, 2.75) is 58.9 Å². The summed E-state index contributed by atoms with van der Waals surface area (Å²) in [5, 5.41) is 13.2. The molecule has 0 aliphatic heterocycles. The van der Waals surface area contributed by atoms with Crippen LogP contribution in [0.15, 0.2) is 0 Å². The molecule has 0 aromatic rings. The minimum absolute atomic E-state index is 0.0608. The van der Waals surface area contributed by atoms with E-state index in [0.717, 1.165) is 51.2 Å². The fourth-order valence-corrected chi connectivity index (χ4v) is 2.43. The molecule has 0 spiro atoms. The highest BCUT2D eigenvalue weighted by atomic mass is 16.3. The van der Waals surface area contributed by atoms with Crippen molar-refractivity contribution in [1.29, 1.82) is 0 Å². The lowest BCUT2D eigenvalue weighted by molar-refractivity contribution is 0.139. The summed E-state index contributed by atoms with van der Waals surface area (Å²) in [6.45, 7) is 12.4. The van der Waals surface area contributed by atoms with Gasteiger partial charge in [0.05, 0.1) is 6.61 Å². The largest absolute Gasteiger partial charge is 0.394 e. The van der Waals surface area contributed by atoms with Gasteiger partial charge in [0, 0.05) is 12.1 Å². The van der Waals surface area contributed by atoms with Gasteiger partial charge in [-0.3, -0.25) is 0 Å². The average Bonchev–Trinajstić information content (AvgIpc) is 2.33. The molecule has 0 saturated carbocycles. The molecular weight excluding hydrogens is 224 g/mol. The molecule has 18 heavy (non-hydrogen) atoms. The molecule has 1 unspecified atom stereocenters. The molecule has 2 N–H and O–H groups in total. The van der Waals surface area contributed by atoms with E-state index in [1.54, 1.807) is 0 Å². The first kappa shape index (κ1) is 17.9. The van der Waals surface area contributed by atoms with Crippen molar-refractivity contribution >= 4 is 0 Å². The van der Waals surface area contributed by atoms with Crippen LogP contribution in [0.4, 0.5) is 0 Å². The Balaban J connectivity index is 4.03. The second-order valence-electron chi connectivity index (χ2n) is 5.98. The molecule has 0 heterocycles. The SMILES string of the molecule is CCCNC(CC)(CO)CCCN(C)CC(C)C. The highest BCUT2D eigenvalue weighted by molar-refractivity contribution is 4.86. The van der Waals surface area contributed by atoms with E-state index < -0.39 is 0 Å². The average molecular weight is 258 g/mol. The smallest absolute Gasteiger partial charge is 0.0613 e. The number of aliphatic hydroxyl groups is 1. The summed E-state index contributed by atoms with van der Waals surface area (Å²) in [6.07, 6.45) is 4.32. The van der Waals surface area contributed by atoms with E-state index in [1.165, 1.54) is 0 Å². The Labute approximate surface area is 114 Å². The monoisotopic (exact) mass is 258 g/mol. The van der Waals surface area contributed by atoms with Gasteiger partial charge in [-0.15, -0.1) is 0 Å². The predicted octanol–water partition coefficient (Wildman–Crippen LogP) is 2.50. The van der Waals surface area contributed by atoms with Crippen molar-refractivity contribution in [2.75, 3.05) is 33.3 Å². The maximum atomic E-state index is 9.64. The van der Waals surface area contributed by atoms with E-state index in [0.29, 0.717) is 0 Å². The second-order valence-corrected chi connectivity index (χ2v) is 5.98. The summed E-state index contributed by atoms with van der Waals surface area (Å²) in [5.74, 6) is 0.724. The zero-order valence-electron chi connectivity index (χ0n) is 13.1. The van der Waals surface area contributed by atoms with E-state index in [1.807, 2.05) is 0 Å². The van der Waals surface area contributed by atoms with Crippen LogP contribution in [0.2, 0.25) is 0 Å². The predicted molar refractivity (Wildman–Crippen MR) is 80.0 cm³/mol. The first-order valence-corrected chi connectivity index (χ1v) is 7.54. The van der Waals surface area contributed by atoms with Gasteiger partial charge in [-0.2, -0.15) is 0 Å². The van der Waals surface area contributed by atoms with Gasteiger partial charge in [0.2, 0.25) is 0 Å². The van der Waals surface area contributed by atoms with Gasteiger partial charge in [-0.1, -0.05) is 27.7 Å². The molecule has 0 saturated heterocycles. The zero-order valence-corrected chi connectivity index (χ0v) is 13.1. The van der Waals surface area contributed by atoms with E-state index in [-0.39, 0.29) is 12.1 Å². The van der Waals surface area contributed by atoms with Crippen molar-refractivity contribution in [2.24, 2.45) is 5.92 Å². The van der Waals surface area contributed by atoms with Crippen LogP contribution in [0, 0.1) is 5.92 Å². The van der Waals surface area contributed by atoms with Gasteiger partial charge in [-0.05, 0) is 51.7 Å². The van der Waals surface area contributed by atoms with E-state index in [9.17, 15) is 5.11 Å². The molecule has 3 nitrogen and oxygen atoms in total. The van der Waals surface area contributed by atoms with Gasteiger partial charge in [0.15, 0.2) is 0 Å². The minimum atomic E-state index is -0.0608. The molecule has 0 aliphatic carbocycles. The molecule has 0 aromatic carbocycles. The summed E-state index contributed by atoms with van der Waals surface area (Å²) < 4.78 is 0. The van der Waals surface area contributed by atoms with Crippen molar-refractivity contribution in [3.8, 4) is 0 Å². The number of aliphatic hydroxyl groups excluding tert-OH is 1. The topological polar surface area (TPSA) is 35.5 Å². The van der Waals surface area contributed by atoms with Crippen molar-refractivity contribution < 1.29 is 5.11 Å². The van der Waals surface area contributed by atoms with Crippen molar-refractivity contribution in [1.82, 2.24) is 10.2 Å². The lowest BCUT2D eigenvalue weighted by atomic mass is 9.91. The summed E-state index contributed by atoms with van der Waals surface area (Å²) in [7, 11) is 2.19. The fraction of sp³-hybridized carbons (Fsp3) is 1.00. The Bertz CT molecular complexity index is 191. The van der Waals surface area contributed by atoms with Crippen LogP contribution < -0.4 is 5.32 Å². The molecule has 0 amide bonds. The lowest BCUT2D eigenvalue weighted by Crippen LogP contribution is -2.48. The van der Waals surface area contributed by atoms with Crippen molar-refractivity contribution in [3.63, 3.8) is 0 Å². The quantitative estimate of drug-likeness (QED) is 0.598. The van der Waals surface area contributed by atoms with Crippen LogP contribution in [-0.2, 0) is 0 Å². The summed E-state index contributed by atoms with van der Waals surface area (Å²) in [4.78, 5) is 2.39. The Kier molecular flexibility index (Phi) is 9.70. The normalized spacial score (nSPS) is 15.3. The highest BCUT2D eigenvalue weighted by Gasteiger charge is 2.25. The van der Waals surface area contributed by atoms with E-state index in [2.05, 4.69) is 45.0 Å². The molecule has 0 aromatic heterocycles. The van der Waals surface area contributed by atoms with Crippen LogP contribution in [-0.4, -0.2) is 48.8 Å². The second kappa shape index (κ2) is 9.76. The van der Waals surface area contributed by atoms with Crippen LogP contribution in [0.25, 0.3) is 0 Å².